The van der Waals surface area contributed by atoms with Crippen LogP contribution in [-0.2, 0) is 12.3 Å². The van der Waals surface area contributed by atoms with E-state index in [2.05, 4.69) is 26.9 Å². The molecule has 0 saturated carbocycles. The van der Waals surface area contributed by atoms with Crippen molar-refractivity contribution in [3.8, 4) is 0 Å². The second-order valence-corrected chi connectivity index (χ2v) is 5.92. The minimum absolute atomic E-state index is 0.180. The molecule has 3 aromatic rings. The number of hydrogen-bond acceptors (Lipinski definition) is 3. The fourth-order valence-electron chi connectivity index (χ4n) is 2.17. The Bertz CT molecular complexity index is 756. The van der Waals surface area contributed by atoms with Crippen molar-refractivity contribution in [2.45, 2.75) is 24.4 Å². The van der Waals surface area contributed by atoms with Gasteiger partial charge in [0.05, 0.1) is 6.54 Å². The van der Waals surface area contributed by atoms with Gasteiger partial charge in [-0.15, -0.1) is 10.2 Å². The molecule has 0 N–H and O–H groups in total. The number of halogens is 1. The molecule has 0 spiro atoms. The Labute approximate surface area is 133 Å². The number of nitrogens with zero attached hydrogens (tertiary/aromatic N) is 3. The summed E-state index contributed by atoms with van der Waals surface area (Å²) in [5.74, 6) is 1.22. The van der Waals surface area contributed by atoms with Gasteiger partial charge in [-0.3, -0.25) is 0 Å². The Morgan fingerprint density at radius 3 is 2.50 bits per heavy atom. The van der Waals surface area contributed by atoms with E-state index in [9.17, 15) is 4.39 Å². The number of thioether (sulfide) groups is 1. The quantitative estimate of drug-likeness (QED) is 0.665. The highest BCUT2D eigenvalue weighted by atomic mass is 32.2. The van der Waals surface area contributed by atoms with E-state index in [4.69, 9.17) is 0 Å². The molecule has 0 radical (unpaired) electrons. The van der Waals surface area contributed by atoms with Gasteiger partial charge in [0.25, 0.3) is 0 Å². The highest BCUT2D eigenvalue weighted by molar-refractivity contribution is 7.98. The van der Waals surface area contributed by atoms with E-state index in [-0.39, 0.29) is 5.82 Å². The molecule has 112 valence electrons. The monoisotopic (exact) mass is 313 g/mol. The van der Waals surface area contributed by atoms with E-state index in [1.165, 1.54) is 23.4 Å². The number of benzene rings is 2. The third kappa shape index (κ3) is 3.36. The fourth-order valence-corrected chi connectivity index (χ4v) is 3.14. The van der Waals surface area contributed by atoms with Crippen LogP contribution in [0.2, 0.25) is 0 Å². The van der Waals surface area contributed by atoms with Gasteiger partial charge in [-0.1, -0.05) is 60.3 Å². The Kier molecular flexibility index (Phi) is 4.53. The summed E-state index contributed by atoms with van der Waals surface area (Å²) in [6.45, 7) is 2.66. The number of rotatable bonds is 5. The maximum absolute atomic E-state index is 13.7. The summed E-state index contributed by atoms with van der Waals surface area (Å²) in [5, 5.41) is 9.17. The first-order valence-corrected chi connectivity index (χ1v) is 8.02. The molecule has 0 bridgehead atoms. The highest BCUT2D eigenvalue weighted by Gasteiger charge is 2.11. The number of hydrogen-bond donors (Lipinski definition) is 0. The average molecular weight is 313 g/mol. The normalized spacial score (nSPS) is 10.8. The van der Waals surface area contributed by atoms with Crippen molar-refractivity contribution in [1.29, 1.82) is 0 Å². The summed E-state index contributed by atoms with van der Waals surface area (Å²) in [4.78, 5) is 0. The van der Waals surface area contributed by atoms with Gasteiger partial charge < -0.3 is 4.57 Å². The molecule has 0 aliphatic rings. The Hall–Kier alpha value is -2.14. The predicted molar refractivity (Wildman–Crippen MR) is 86.3 cm³/mol. The van der Waals surface area contributed by atoms with Crippen molar-refractivity contribution in [1.82, 2.24) is 14.8 Å². The van der Waals surface area contributed by atoms with Crippen LogP contribution in [0.4, 0.5) is 4.39 Å². The smallest absolute Gasteiger partial charge is 0.191 e. The van der Waals surface area contributed by atoms with Crippen molar-refractivity contribution in [2.75, 3.05) is 0 Å². The topological polar surface area (TPSA) is 30.7 Å². The molecule has 3 rings (SSSR count). The Balaban J connectivity index is 1.76. The lowest BCUT2D eigenvalue weighted by molar-refractivity contribution is 0.617. The summed E-state index contributed by atoms with van der Waals surface area (Å²) in [6, 6.07) is 17.0. The molecule has 2 aromatic carbocycles. The van der Waals surface area contributed by atoms with Crippen molar-refractivity contribution in [3.05, 3.63) is 77.4 Å². The SMILES string of the molecule is Cc1nnc(SCc2ccccc2F)n1Cc1ccccc1. The Morgan fingerprint density at radius 1 is 1.00 bits per heavy atom. The first-order valence-electron chi connectivity index (χ1n) is 7.04. The van der Waals surface area contributed by atoms with E-state index in [1.54, 1.807) is 12.1 Å². The maximum atomic E-state index is 13.7. The minimum atomic E-state index is -0.180. The fraction of sp³-hybridized carbons (Fsp3) is 0.176. The first-order chi connectivity index (χ1) is 10.7. The molecular weight excluding hydrogens is 297 g/mol. The molecule has 0 fully saturated rings. The molecule has 0 aliphatic heterocycles. The summed E-state index contributed by atoms with van der Waals surface area (Å²) < 4.78 is 15.7. The van der Waals surface area contributed by atoms with E-state index in [0.29, 0.717) is 11.3 Å². The van der Waals surface area contributed by atoms with Crippen molar-refractivity contribution < 1.29 is 4.39 Å². The van der Waals surface area contributed by atoms with Crippen LogP contribution in [0, 0.1) is 12.7 Å². The van der Waals surface area contributed by atoms with Crippen LogP contribution < -0.4 is 0 Å². The lowest BCUT2D eigenvalue weighted by Crippen LogP contribution is -2.04. The largest absolute Gasteiger partial charge is 0.302 e. The molecule has 0 amide bonds. The summed E-state index contributed by atoms with van der Waals surface area (Å²) in [6.07, 6.45) is 0. The average Bonchev–Trinajstić information content (AvgIpc) is 2.88. The molecule has 5 heteroatoms. The van der Waals surface area contributed by atoms with Crippen LogP contribution in [0.1, 0.15) is 17.0 Å². The molecule has 0 atom stereocenters. The third-order valence-electron chi connectivity index (χ3n) is 3.40. The molecule has 0 unspecified atom stereocenters. The summed E-state index contributed by atoms with van der Waals surface area (Å²) in [5.41, 5.74) is 1.87. The standard InChI is InChI=1S/C17H16FN3S/c1-13-19-20-17(21(13)11-14-7-3-2-4-8-14)22-12-15-9-5-6-10-16(15)18/h2-10H,11-12H2,1H3. The van der Waals surface area contributed by atoms with Gasteiger partial charge in [-0.25, -0.2) is 4.39 Å². The van der Waals surface area contributed by atoms with Gasteiger partial charge in [0.1, 0.15) is 11.6 Å². The zero-order chi connectivity index (χ0) is 15.4. The van der Waals surface area contributed by atoms with Crippen LogP contribution in [0.15, 0.2) is 59.8 Å². The zero-order valence-electron chi connectivity index (χ0n) is 12.2. The predicted octanol–water partition coefficient (Wildman–Crippen LogP) is 4.07. The Morgan fingerprint density at radius 2 is 1.73 bits per heavy atom. The van der Waals surface area contributed by atoms with Crippen molar-refractivity contribution in [2.24, 2.45) is 0 Å². The highest BCUT2D eigenvalue weighted by Crippen LogP contribution is 2.23. The van der Waals surface area contributed by atoms with Gasteiger partial charge in [0.15, 0.2) is 5.16 Å². The molecule has 3 nitrogen and oxygen atoms in total. The second-order valence-electron chi connectivity index (χ2n) is 4.98. The zero-order valence-corrected chi connectivity index (χ0v) is 13.1. The molecule has 22 heavy (non-hydrogen) atoms. The maximum Gasteiger partial charge on any atom is 0.191 e. The van der Waals surface area contributed by atoms with Gasteiger partial charge in [-0.2, -0.15) is 0 Å². The van der Waals surface area contributed by atoms with Gasteiger partial charge in [0.2, 0.25) is 0 Å². The van der Waals surface area contributed by atoms with E-state index in [1.807, 2.05) is 31.2 Å². The van der Waals surface area contributed by atoms with Gasteiger partial charge >= 0.3 is 0 Å². The molecule has 1 aromatic heterocycles. The third-order valence-corrected chi connectivity index (χ3v) is 4.42. The van der Waals surface area contributed by atoms with Gasteiger partial charge in [-0.05, 0) is 24.1 Å². The van der Waals surface area contributed by atoms with Crippen LogP contribution in [0.25, 0.3) is 0 Å². The molecule has 1 heterocycles. The first kappa shape index (κ1) is 14.8. The second kappa shape index (κ2) is 6.75. The van der Waals surface area contributed by atoms with Gasteiger partial charge in [0, 0.05) is 5.75 Å². The molecule has 0 aliphatic carbocycles. The number of aryl methyl sites for hydroxylation is 1. The van der Waals surface area contributed by atoms with E-state index >= 15 is 0 Å². The molecular formula is C17H16FN3S. The van der Waals surface area contributed by atoms with Crippen LogP contribution in [-0.4, -0.2) is 14.8 Å². The van der Waals surface area contributed by atoms with Crippen molar-refractivity contribution >= 4 is 11.8 Å². The lowest BCUT2D eigenvalue weighted by atomic mass is 10.2. The van der Waals surface area contributed by atoms with Crippen LogP contribution in [0.3, 0.4) is 0 Å². The van der Waals surface area contributed by atoms with Crippen LogP contribution in [0.5, 0.6) is 0 Å². The van der Waals surface area contributed by atoms with E-state index in [0.717, 1.165) is 17.5 Å². The minimum Gasteiger partial charge on any atom is -0.302 e. The van der Waals surface area contributed by atoms with Crippen LogP contribution >= 0.6 is 11.8 Å². The van der Waals surface area contributed by atoms with E-state index < -0.39 is 0 Å². The lowest BCUT2D eigenvalue weighted by Gasteiger charge is -2.08. The summed E-state index contributed by atoms with van der Waals surface area (Å²) in [7, 11) is 0. The number of aromatic nitrogens is 3. The molecule has 0 saturated heterocycles. The summed E-state index contributed by atoms with van der Waals surface area (Å²) >= 11 is 1.50. The van der Waals surface area contributed by atoms with Crippen molar-refractivity contribution in [3.63, 3.8) is 0 Å².